The summed E-state index contributed by atoms with van der Waals surface area (Å²) in [7, 11) is 0. The summed E-state index contributed by atoms with van der Waals surface area (Å²) < 4.78 is 10.2. The first kappa shape index (κ1) is 16.0. The number of aromatic nitrogens is 1. The molecule has 2 rings (SSSR count). The van der Waals surface area contributed by atoms with Crippen molar-refractivity contribution >= 4 is 23.4 Å². The third-order valence-electron chi connectivity index (χ3n) is 3.15. The van der Waals surface area contributed by atoms with Crippen LogP contribution >= 0.6 is 11.8 Å². The Morgan fingerprint density at radius 2 is 2.18 bits per heavy atom. The number of thioether (sulfide) groups is 1. The van der Waals surface area contributed by atoms with E-state index in [0.29, 0.717) is 17.0 Å². The molecular formula is C14H14N2O5S. The van der Waals surface area contributed by atoms with Gasteiger partial charge in [-0.15, -0.1) is 11.8 Å². The van der Waals surface area contributed by atoms with Crippen LogP contribution in [-0.2, 0) is 11.3 Å². The van der Waals surface area contributed by atoms with Crippen LogP contribution in [0.3, 0.4) is 0 Å². The van der Waals surface area contributed by atoms with Crippen LogP contribution < -0.4 is 0 Å². The van der Waals surface area contributed by atoms with Crippen LogP contribution in [0.2, 0.25) is 0 Å². The summed E-state index contributed by atoms with van der Waals surface area (Å²) in [6.07, 6.45) is 1.82. The first-order valence-electron chi connectivity index (χ1n) is 6.35. The van der Waals surface area contributed by atoms with Crippen molar-refractivity contribution in [3.63, 3.8) is 0 Å². The average Bonchev–Trinajstić information content (AvgIpc) is 2.82. The Hall–Kier alpha value is -2.35. The maximum Gasteiger partial charge on any atom is 0.345 e. The van der Waals surface area contributed by atoms with Gasteiger partial charge in [0.15, 0.2) is 0 Å². The molecule has 1 aromatic heterocycles. The van der Waals surface area contributed by atoms with Gasteiger partial charge in [0.25, 0.3) is 5.69 Å². The van der Waals surface area contributed by atoms with Gasteiger partial charge in [0, 0.05) is 11.0 Å². The Morgan fingerprint density at radius 1 is 1.45 bits per heavy atom. The van der Waals surface area contributed by atoms with Crippen molar-refractivity contribution in [1.29, 1.82) is 0 Å². The van der Waals surface area contributed by atoms with Crippen LogP contribution in [0.1, 0.15) is 27.4 Å². The largest absolute Gasteiger partial charge is 0.457 e. The number of ether oxygens (including phenoxy) is 1. The Labute approximate surface area is 130 Å². The maximum absolute atomic E-state index is 12.2. The molecule has 0 radical (unpaired) electrons. The topological polar surface area (TPSA) is 95.5 Å². The number of benzene rings is 1. The zero-order valence-corrected chi connectivity index (χ0v) is 13.1. The number of aryl methyl sites for hydroxylation is 2. The standard InChI is InChI=1S/C14H14N2O5S/c1-8-12(9(2)21-15-8)7-20-14(17)11-6-10(22-3)4-5-13(11)16(18)19/h4-6H,7H2,1-3H3. The number of rotatable bonds is 5. The summed E-state index contributed by atoms with van der Waals surface area (Å²) in [6.45, 7) is 3.40. The van der Waals surface area contributed by atoms with Crippen molar-refractivity contribution in [3.05, 3.63) is 50.9 Å². The monoisotopic (exact) mass is 322 g/mol. The molecule has 0 fully saturated rings. The molecule has 0 aliphatic rings. The lowest BCUT2D eigenvalue weighted by Gasteiger charge is -2.06. The number of hydrogen-bond acceptors (Lipinski definition) is 7. The molecule has 0 unspecified atom stereocenters. The Morgan fingerprint density at radius 3 is 2.73 bits per heavy atom. The normalized spacial score (nSPS) is 10.5. The number of esters is 1. The molecule has 0 atom stereocenters. The van der Waals surface area contributed by atoms with Gasteiger partial charge >= 0.3 is 5.97 Å². The van der Waals surface area contributed by atoms with Crippen molar-refractivity contribution in [3.8, 4) is 0 Å². The van der Waals surface area contributed by atoms with E-state index in [2.05, 4.69) is 5.16 Å². The lowest BCUT2D eigenvalue weighted by atomic mass is 10.2. The van der Waals surface area contributed by atoms with Gasteiger partial charge in [-0.05, 0) is 32.2 Å². The molecule has 0 bridgehead atoms. The zero-order chi connectivity index (χ0) is 16.3. The van der Waals surface area contributed by atoms with Gasteiger partial charge in [-0.1, -0.05) is 5.16 Å². The molecule has 2 aromatic rings. The van der Waals surface area contributed by atoms with Crippen molar-refractivity contribution in [2.75, 3.05) is 6.26 Å². The molecule has 0 N–H and O–H groups in total. The van der Waals surface area contributed by atoms with Crippen LogP contribution in [0.15, 0.2) is 27.6 Å². The molecule has 22 heavy (non-hydrogen) atoms. The summed E-state index contributed by atoms with van der Waals surface area (Å²) in [5.41, 5.74) is 0.944. The van der Waals surface area contributed by atoms with Crippen molar-refractivity contribution < 1.29 is 19.0 Å². The highest BCUT2D eigenvalue weighted by atomic mass is 32.2. The minimum absolute atomic E-state index is 0.0410. The minimum Gasteiger partial charge on any atom is -0.457 e. The highest BCUT2D eigenvalue weighted by Crippen LogP contribution is 2.26. The van der Waals surface area contributed by atoms with Crippen LogP contribution in [-0.4, -0.2) is 22.3 Å². The molecule has 0 aliphatic carbocycles. The van der Waals surface area contributed by atoms with Gasteiger partial charge in [-0.3, -0.25) is 10.1 Å². The molecule has 8 heteroatoms. The van der Waals surface area contributed by atoms with Gasteiger partial charge in [0.1, 0.15) is 17.9 Å². The second-order valence-electron chi connectivity index (χ2n) is 4.52. The van der Waals surface area contributed by atoms with E-state index in [0.717, 1.165) is 4.90 Å². The molecule has 116 valence electrons. The highest BCUT2D eigenvalue weighted by Gasteiger charge is 2.23. The lowest BCUT2D eigenvalue weighted by Crippen LogP contribution is -2.09. The maximum atomic E-state index is 12.2. The van der Waals surface area contributed by atoms with Crippen LogP contribution in [0, 0.1) is 24.0 Å². The fourth-order valence-electron chi connectivity index (χ4n) is 1.89. The summed E-state index contributed by atoms with van der Waals surface area (Å²) in [5, 5.41) is 14.8. The number of nitro groups is 1. The molecule has 0 amide bonds. The van der Waals surface area contributed by atoms with E-state index >= 15 is 0 Å². The third kappa shape index (κ3) is 3.28. The van der Waals surface area contributed by atoms with Gasteiger partial charge < -0.3 is 9.26 Å². The number of nitro benzene ring substituents is 1. The predicted molar refractivity (Wildman–Crippen MR) is 80.0 cm³/mol. The first-order chi connectivity index (χ1) is 10.4. The fourth-order valence-corrected chi connectivity index (χ4v) is 2.33. The number of hydrogen-bond donors (Lipinski definition) is 0. The van der Waals surface area contributed by atoms with E-state index in [1.165, 1.54) is 23.9 Å². The van der Waals surface area contributed by atoms with E-state index < -0.39 is 10.9 Å². The molecule has 0 aliphatic heterocycles. The van der Waals surface area contributed by atoms with E-state index in [-0.39, 0.29) is 17.9 Å². The third-order valence-corrected chi connectivity index (χ3v) is 3.87. The molecule has 1 aromatic carbocycles. The molecule has 0 spiro atoms. The number of nitrogens with zero attached hydrogens (tertiary/aromatic N) is 2. The zero-order valence-electron chi connectivity index (χ0n) is 12.3. The number of carbonyl (C=O) groups is 1. The Balaban J connectivity index is 2.23. The van der Waals surface area contributed by atoms with Gasteiger partial charge in [-0.2, -0.15) is 0 Å². The summed E-state index contributed by atoms with van der Waals surface area (Å²) >= 11 is 1.39. The number of carbonyl (C=O) groups excluding carboxylic acids is 1. The highest BCUT2D eigenvalue weighted by molar-refractivity contribution is 7.98. The second kappa shape index (κ2) is 6.61. The van der Waals surface area contributed by atoms with Crippen LogP contribution in [0.4, 0.5) is 5.69 Å². The van der Waals surface area contributed by atoms with Gasteiger partial charge in [0.05, 0.1) is 16.2 Å². The van der Waals surface area contributed by atoms with E-state index in [9.17, 15) is 14.9 Å². The quantitative estimate of drug-likeness (QED) is 0.361. The summed E-state index contributed by atoms with van der Waals surface area (Å²) in [6, 6.07) is 4.35. The second-order valence-corrected chi connectivity index (χ2v) is 5.40. The van der Waals surface area contributed by atoms with Crippen molar-refractivity contribution in [1.82, 2.24) is 5.16 Å². The molecular weight excluding hydrogens is 308 g/mol. The molecule has 0 saturated heterocycles. The molecule has 0 saturated carbocycles. The fraction of sp³-hybridized carbons (Fsp3) is 0.286. The van der Waals surface area contributed by atoms with Crippen LogP contribution in [0.25, 0.3) is 0 Å². The molecule has 7 nitrogen and oxygen atoms in total. The average molecular weight is 322 g/mol. The van der Waals surface area contributed by atoms with Gasteiger partial charge in [0.2, 0.25) is 0 Å². The van der Waals surface area contributed by atoms with Gasteiger partial charge in [-0.25, -0.2) is 4.79 Å². The van der Waals surface area contributed by atoms with Crippen LogP contribution in [0.5, 0.6) is 0 Å². The predicted octanol–water partition coefficient (Wildman–Crippen LogP) is 3.28. The van der Waals surface area contributed by atoms with E-state index in [4.69, 9.17) is 9.26 Å². The first-order valence-corrected chi connectivity index (χ1v) is 7.57. The Bertz CT molecular complexity index is 707. The van der Waals surface area contributed by atoms with Crippen molar-refractivity contribution in [2.45, 2.75) is 25.3 Å². The lowest BCUT2D eigenvalue weighted by molar-refractivity contribution is -0.385. The SMILES string of the molecule is CSc1ccc([N+](=O)[O-])c(C(=O)OCc2c(C)noc2C)c1. The summed E-state index contributed by atoms with van der Waals surface area (Å²) in [5.74, 6) is -0.194. The van der Waals surface area contributed by atoms with Crippen molar-refractivity contribution in [2.24, 2.45) is 0 Å². The molecule has 1 heterocycles. The smallest absolute Gasteiger partial charge is 0.345 e. The Kier molecular flexibility index (Phi) is 4.81. The minimum atomic E-state index is -0.748. The van der Waals surface area contributed by atoms with E-state index in [1.807, 2.05) is 6.26 Å². The van der Waals surface area contributed by atoms with E-state index in [1.54, 1.807) is 19.9 Å². The summed E-state index contributed by atoms with van der Waals surface area (Å²) in [4.78, 5) is 23.3.